The average molecular weight is 441 g/mol. The quantitative estimate of drug-likeness (QED) is 0.585. The molecule has 156 valence electrons. The summed E-state index contributed by atoms with van der Waals surface area (Å²) in [5.41, 5.74) is -0.0121. The van der Waals surface area contributed by atoms with Gasteiger partial charge in [-0.2, -0.15) is 13.2 Å². The first-order valence-electron chi connectivity index (χ1n) is 8.76. The van der Waals surface area contributed by atoms with Gasteiger partial charge < -0.3 is 4.90 Å². The van der Waals surface area contributed by atoms with Crippen LogP contribution in [0.4, 0.5) is 17.6 Å². The van der Waals surface area contributed by atoms with Gasteiger partial charge in [0.2, 0.25) is 0 Å². The first-order valence-corrected chi connectivity index (χ1v) is 9.14. The zero-order chi connectivity index (χ0) is 21.5. The molecule has 7 nitrogen and oxygen atoms in total. The predicted molar refractivity (Wildman–Crippen MR) is 96.0 cm³/mol. The summed E-state index contributed by atoms with van der Waals surface area (Å²) < 4.78 is 53.7. The van der Waals surface area contributed by atoms with Gasteiger partial charge in [-0.05, 0) is 12.1 Å². The molecule has 0 atom stereocenters. The van der Waals surface area contributed by atoms with Crippen LogP contribution in [0.3, 0.4) is 0 Å². The van der Waals surface area contributed by atoms with Crippen LogP contribution < -0.4 is 0 Å². The Balaban J connectivity index is 1.53. The number of hydrogen-bond donors (Lipinski definition) is 0. The summed E-state index contributed by atoms with van der Waals surface area (Å²) in [7, 11) is 0. The molecule has 0 saturated carbocycles. The Labute approximate surface area is 172 Å². The molecule has 1 amide bonds. The van der Waals surface area contributed by atoms with E-state index in [0.717, 1.165) is 30.2 Å². The van der Waals surface area contributed by atoms with E-state index in [1.54, 1.807) is 4.68 Å². The monoisotopic (exact) mass is 440 g/mol. The molecule has 0 N–H and O–H groups in total. The van der Waals surface area contributed by atoms with Crippen molar-refractivity contribution in [2.24, 2.45) is 0 Å². The van der Waals surface area contributed by atoms with E-state index in [9.17, 15) is 22.4 Å². The lowest BCUT2D eigenvalue weighted by Crippen LogP contribution is -2.37. The van der Waals surface area contributed by atoms with Crippen LogP contribution in [0.5, 0.6) is 0 Å². The summed E-state index contributed by atoms with van der Waals surface area (Å²) in [6, 6.07) is 3.24. The molecule has 0 bridgehead atoms. The van der Waals surface area contributed by atoms with Gasteiger partial charge in [0, 0.05) is 13.0 Å². The molecule has 0 fully saturated rings. The fourth-order valence-corrected chi connectivity index (χ4v) is 3.52. The smallest absolute Gasteiger partial charge is 0.332 e. The number of aromatic nitrogens is 5. The molecule has 1 aliphatic rings. The van der Waals surface area contributed by atoms with Gasteiger partial charge in [-0.15, -0.1) is 5.10 Å². The fraction of sp³-hybridized carbons (Fsp3) is 0.278. The van der Waals surface area contributed by atoms with Crippen molar-refractivity contribution in [3.63, 3.8) is 0 Å². The van der Waals surface area contributed by atoms with Crippen LogP contribution >= 0.6 is 11.6 Å². The van der Waals surface area contributed by atoms with E-state index in [1.807, 2.05) is 0 Å². The minimum absolute atomic E-state index is 0.0744. The summed E-state index contributed by atoms with van der Waals surface area (Å²) in [6.45, 7) is 0.497. The number of carbonyl (C=O) groups excluding carboxylic acids is 1. The minimum Gasteiger partial charge on any atom is -0.332 e. The molecular formula is C18H13ClF4N6O. The first kappa shape index (κ1) is 20.2. The lowest BCUT2D eigenvalue weighted by molar-refractivity contribution is -0.137. The van der Waals surface area contributed by atoms with Crippen molar-refractivity contribution in [2.75, 3.05) is 6.54 Å². The van der Waals surface area contributed by atoms with Crippen LogP contribution in [-0.2, 0) is 25.7 Å². The molecule has 1 aliphatic heterocycles. The molecule has 3 heterocycles. The molecule has 4 rings (SSSR count). The van der Waals surface area contributed by atoms with Crippen LogP contribution in [0.1, 0.15) is 33.1 Å². The average Bonchev–Trinajstić information content (AvgIpc) is 3.10. The second kappa shape index (κ2) is 7.63. The Morgan fingerprint density at radius 2 is 1.93 bits per heavy atom. The van der Waals surface area contributed by atoms with Crippen LogP contribution in [0.2, 0.25) is 5.02 Å². The van der Waals surface area contributed by atoms with Crippen molar-refractivity contribution >= 4 is 17.5 Å². The van der Waals surface area contributed by atoms with Gasteiger partial charge in [0.15, 0.2) is 5.82 Å². The molecule has 2 aromatic heterocycles. The summed E-state index contributed by atoms with van der Waals surface area (Å²) in [5, 5.41) is 7.45. The molecule has 12 heteroatoms. The van der Waals surface area contributed by atoms with E-state index in [-0.39, 0.29) is 25.2 Å². The maximum atomic E-state index is 13.1. The second-order valence-corrected chi connectivity index (χ2v) is 6.98. The predicted octanol–water partition coefficient (Wildman–Crippen LogP) is 3.13. The van der Waals surface area contributed by atoms with Crippen molar-refractivity contribution in [1.82, 2.24) is 29.9 Å². The standard InChI is InChI=1S/C18H13ClF4N6O/c19-16-11(2-1-3-12(16)18(21,22)23)17(30)28-5-4-14-13(8-28)26-27-29(14)9-15-24-6-10(20)7-25-15/h1-3,6-7H,4-5,8-9H2. The zero-order valence-electron chi connectivity index (χ0n) is 15.2. The van der Waals surface area contributed by atoms with Crippen molar-refractivity contribution in [2.45, 2.75) is 25.7 Å². The molecule has 30 heavy (non-hydrogen) atoms. The number of nitrogens with zero attached hydrogens (tertiary/aromatic N) is 6. The summed E-state index contributed by atoms with van der Waals surface area (Å²) >= 11 is 5.87. The summed E-state index contributed by atoms with van der Waals surface area (Å²) in [6.07, 6.45) is -2.19. The number of halogens is 5. The fourth-order valence-electron chi connectivity index (χ4n) is 3.21. The number of hydrogen-bond acceptors (Lipinski definition) is 5. The van der Waals surface area contributed by atoms with Gasteiger partial charge in [0.1, 0.15) is 18.1 Å². The Bertz CT molecular complexity index is 1100. The van der Waals surface area contributed by atoms with Crippen LogP contribution in [0.25, 0.3) is 0 Å². The highest BCUT2D eigenvalue weighted by molar-refractivity contribution is 6.34. The van der Waals surface area contributed by atoms with Gasteiger partial charge in [-0.25, -0.2) is 19.0 Å². The molecule has 0 aliphatic carbocycles. The van der Waals surface area contributed by atoms with E-state index >= 15 is 0 Å². The number of alkyl halides is 3. The van der Waals surface area contributed by atoms with Gasteiger partial charge in [0.25, 0.3) is 5.91 Å². The number of rotatable bonds is 3. The molecule has 1 aromatic carbocycles. The highest BCUT2D eigenvalue weighted by Gasteiger charge is 2.36. The van der Waals surface area contributed by atoms with Crippen molar-refractivity contribution in [3.05, 3.63) is 69.8 Å². The van der Waals surface area contributed by atoms with Crippen LogP contribution in [0, 0.1) is 5.82 Å². The zero-order valence-corrected chi connectivity index (χ0v) is 16.0. The lowest BCUT2D eigenvalue weighted by atomic mass is 10.1. The van der Waals surface area contributed by atoms with E-state index in [2.05, 4.69) is 20.3 Å². The van der Waals surface area contributed by atoms with Crippen molar-refractivity contribution in [3.8, 4) is 0 Å². The van der Waals surface area contributed by atoms with Gasteiger partial charge in [0.05, 0.1) is 40.8 Å². The van der Waals surface area contributed by atoms with Gasteiger partial charge >= 0.3 is 6.18 Å². The number of benzene rings is 1. The largest absolute Gasteiger partial charge is 0.417 e. The third-order valence-corrected chi connectivity index (χ3v) is 5.07. The number of amides is 1. The van der Waals surface area contributed by atoms with E-state index in [1.165, 1.54) is 11.0 Å². The Morgan fingerprint density at radius 1 is 1.20 bits per heavy atom. The molecule has 0 saturated heterocycles. The van der Waals surface area contributed by atoms with E-state index in [0.29, 0.717) is 17.9 Å². The number of fused-ring (bicyclic) bond motifs is 1. The maximum Gasteiger partial charge on any atom is 0.417 e. The number of carbonyl (C=O) groups is 1. The summed E-state index contributed by atoms with van der Waals surface area (Å²) in [5.74, 6) is -0.826. The van der Waals surface area contributed by atoms with Crippen LogP contribution in [-0.4, -0.2) is 42.3 Å². The molecule has 0 radical (unpaired) electrons. The Hall–Kier alpha value is -3.08. The highest BCUT2D eigenvalue weighted by atomic mass is 35.5. The third kappa shape index (κ3) is 3.84. The van der Waals surface area contributed by atoms with E-state index in [4.69, 9.17) is 11.6 Å². The molecule has 3 aromatic rings. The topological polar surface area (TPSA) is 76.8 Å². The maximum absolute atomic E-state index is 13.1. The SMILES string of the molecule is O=C(c1cccc(C(F)(F)F)c1Cl)N1CCc2c(nnn2Cc2ncc(F)cn2)C1. The van der Waals surface area contributed by atoms with Gasteiger partial charge in [-0.3, -0.25) is 4.79 Å². The molecule has 0 spiro atoms. The molecular weight excluding hydrogens is 428 g/mol. The third-order valence-electron chi connectivity index (χ3n) is 4.66. The Morgan fingerprint density at radius 3 is 2.63 bits per heavy atom. The molecule has 0 unspecified atom stereocenters. The first-order chi connectivity index (χ1) is 14.2. The normalized spacial score (nSPS) is 14.0. The lowest BCUT2D eigenvalue weighted by Gasteiger charge is -2.27. The van der Waals surface area contributed by atoms with Crippen molar-refractivity contribution in [1.29, 1.82) is 0 Å². The van der Waals surface area contributed by atoms with Crippen LogP contribution in [0.15, 0.2) is 30.6 Å². The summed E-state index contributed by atoms with van der Waals surface area (Å²) in [4.78, 5) is 21.9. The van der Waals surface area contributed by atoms with E-state index < -0.39 is 28.5 Å². The van der Waals surface area contributed by atoms with Crippen molar-refractivity contribution < 1.29 is 22.4 Å². The second-order valence-electron chi connectivity index (χ2n) is 6.60. The minimum atomic E-state index is -4.66. The Kier molecular flexibility index (Phi) is 5.14. The van der Waals surface area contributed by atoms with Gasteiger partial charge in [-0.1, -0.05) is 22.9 Å². The highest BCUT2D eigenvalue weighted by Crippen LogP contribution is 2.36.